The van der Waals surface area contributed by atoms with Gasteiger partial charge in [0, 0.05) is 6.42 Å². The van der Waals surface area contributed by atoms with Gasteiger partial charge in [0.15, 0.2) is 0 Å². The van der Waals surface area contributed by atoms with Gasteiger partial charge in [-0.2, -0.15) is 0 Å². The molecule has 1 heteroatoms. The zero-order valence-corrected chi connectivity index (χ0v) is 9.89. The van der Waals surface area contributed by atoms with Crippen molar-refractivity contribution in [2.75, 3.05) is 0 Å². The summed E-state index contributed by atoms with van der Waals surface area (Å²) >= 11 is 0. The van der Waals surface area contributed by atoms with Gasteiger partial charge in [0.25, 0.3) is 0 Å². The lowest BCUT2D eigenvalue weighted by molar-refractivity contribution is -0.108. The van der Waals surface area contributed by atoms with E-state index in [1.807, 2.05) is 0 Å². The third kappa shape index (κ3) is 1.95. The SMILES string of the molecule is CC(C)[C@H]1C=Cc2ccccc2[C@@H]1CC=O. The molecule has 0 saturated carbocycles. The first-order valence-corrected chi connectivity index (χ1v) is 5.94. The highest BCUT2D eigenvalue weighted by Crippen LogP contribution is 2.39. The van der Waals surface area contributed by atoms with Crippen LogP contribution in [0.4, 0.5) is 0 Å². The Morgan fingerprint density at radius 3 is 2.75 bits per heavy atom. The Morgan fingerprint density at radius 1 is 1.31 bits per heavy atom. The fourth-order valence-corrected chi connectivity index (χ4v) is 2.63. The van der Waals surface area contributed by atoms with E-state index in [1.54, 1.807) is 0 Å². The monoisotopic (exact) mass is 214 g/mol. The third-order valence-corrected chi connectivity index (χ3v) is 3.48. The third-order valence-electron chi connectivity index (χ3n) is 3.48. The first kappa shape index (κ1) is 11.1. The maximum atomic E-state index is 10.8. The second-order valence-electron chi connectivity index (χ2n) is 4.82. The summed E-state index contributed by atoms with van der Waals surface area (Å²) in [6.07, 6.45) is 6.14. The lowest BCUT2D eigenvalue weighted by atomic mass is 9.73. The molecular formula is C15H18O. The number of benzene rings is 1. The van der Waals surface area contributed by atoms with E-state index in [1.165, 1.54) is 11.1 Å². The van der Waals surface area contributed by atoms with Crippen LogP contribution in [-0.2, 0) is 4.79 Å². The summed E-state index contributed by atoms with van der Waals surface area (Å²) < 4.78 is 0. The van der Waals surface area contributed by atoms with Gasteiger partial charge in [-0.1, -0.05) is 50.3 Å². The molecule has 0 N–H and O–H groups in total. The molecule has 1 aromatic rings. The molecule has 0 aromatic heterocycles. The molecule has 0 bridgehead atoms. The van der Waals surface area contributed by atoms with E-state index in [0.717, 1.165) is 6.29 Å². The zero-order chi connectivity index (χ0) is 11.5. The topological polar surface area (TPSA) is 17.1 Å². The fraction of sp³-hybridized carbons (Fsp3) is 0.400. The van der Waals surface area contributed by atoms with Crippen LogP contribution in [0.3, 0.4) is 0 Å². The van der Waals surface area contributed by atoms with Crippen molar-refractivity contribution in [3.63, 3.8) is 0 Å². The van der Waals surface area contributed by atoms with Crippen LogP contribution in [0.15, 0.2) is 30.3 Å². The lowest BCUT2D eigenvalue weighted by Crippen LogP contribution is -2.20. The van der Waals surface area contributed by atoms with Crippen molar-refractivity contribution in [1.29, 1.82) is 0 Å². The Kier molecular flexibility index (Phi) is 3.23. The molecule has 1 aliphatic carbocycles. The maximum absolute atomic E-state index is 10.8. The van der Waals surface area contributed by atoms with E-state index in [-0.39, 0.29) is 0 Å². The van der Waals surface area contributed by atoms with Crippen molar-refractivity contribution in [3.8, 4) is 0 Å². The van der Waals surface area contributed by atoms with Crippen molar-refractivity contribution < 1.29 is 4.79 Å². The van der Waals surface area contributed by atoms with Crippen LogP contribution in [0.25, 0.3) is 6.08 Å². The molecule has 0 spiro atoms. The van der Waals surface area contributed by atoms with Crippen molar-refractivity contribution in [2.24, 2.45) is 11.8 Å². The molecule has 2 atom stereocenters. The first-order valence-electron chi connectivity index (χ1n) is 5.94. The lowest BCUT2D eigenvalue weighted by Gasteiger charge is -2.31. The minimum absolute atomic E-state index is 0.360. The predicted octanol–water partition coefficient (Wildman–Crippen LogP) is 3.66. The number of hydrogen-bond acceptors (Lipinski definition) is 1. The summed E-state index contributed by atoms with van der Waals surface area (Å²) in [5.41, 5.74) is 2.60. The molecule has 84 valence electrons. The minimum atomic E-state index is 0.360. The summed E-state index contributed by atoms with van der Waals surface area (Å²) in [5.74, 6) is 1.42. The summed E-state index contributed by atoms with van der Waals surface area (Å²) in [7, 11) is 0. The number of fused-ring (bicyclic) bond motifs is 1. The Hall–Kier alpha value is -1.37. The molecule has 1 aromatic carbocycles. The van der Waals surface area contributed by atoms with Crippen LogP contribution in [0, 0.1) is 11.8 Å². The van der Waals surface area contributed by atoms with Gasteiger partial charge in [0.05, 0.1) is 0 Å². The van der Waals surface area contributed by atoms with Crippen LogP contribution < -0.4 is 0 Å². The number of aldehydes is 1. The van der Waals surface area contributed by atoms with Crippen molar-refractivity contribution in [3.05, 3.63) is 41.5 Å². The summed E-state index contributed by atoms with van der Waals surface area (Å²) in [5, 5.41) is 0. The van der Waals surface area contributed by atoms with Crippen molar-refractivity contribution in [1.82, 2.24) is 0 Å². The van der Waals surface area contributed by atoms with E-state index >= 15 is 0 Å². The van der Waals surface area contributed by atoms with Gasteiger partial charge >= 0.3 is 0 Å². The van der Waals surface area contributed by atoms with Gasteiger partial charge in [-0.05, 0) is 28.9 Å². The van der Waals surface area contributed by atoms with Crippen LogP contribution in [0.5, 0.6) is 0 Å². The standard InChI is InChI=1S/C15H18O/c1-11(2)13-8-7-12-5-3-4-6-14(12)15(13)9-10-16/h3-8,10-11,13,15H,9H2,1-2H3/t13-,15-/m1/s1. The largest absolute Gasteiger partial charge is 0.303 e. The van der Waals surface area contributed by atoms with Crippen molar-refractivity contribution >= 4 is 12.4 Å². The highest BCUT2D eigenvalue weighted by Gasteiger charge is 2.27. The Morgan fingerprint density at radius 2 is 2.06 bits per heavy atom. The van der Waals surface area contributed by atoms with Crippen LogP contribution in [0.1, 0.15) is 37.3 Å². The minimum Gasteiger partial charge on any atom is -0.303 e. The number of allylic oxidation sites excluding steroid dienone is 1. The fourth-order valence-electron chi connectivity index (χ4n) is 2.63. The van der Waals surface area contributed by atoms with Crippen LogP contribution in [0.2, 0.25) is 0 Å². The first-order chi connectivity index (χ1) is 7.74. The highest BCUT2D eigenvalue weighted by atomic mass is 16.1. The Labute approximate surface area is 97.2 Å². The molecule has 2 rings (SSSR count). The summed E-state index contributed by atoms with van der Waals surface area (Å²) in [4.78, 5) is 10.8. The molecule has 0 fully saturated rings. The second kappa shape index (κ2) is 4.65. The molecule has 0 amide bonds. The van der Waals surface area contributed by atoms with E-state index in [0.29, 0.717) is 24.2 Å². The second-order valence-corrected chi connectivity index (χ2v) is 4.82. The van der Waals surface area contributed by atoms with Gasteiger partial charge in [-0.3, -0.25) is 0 Å². The average molecular weight is 214 g/mol. The van der Waals surface area contributed by atoms with Crippen LogP contribution in [-0.4, -0.2) is 6.29 Å². The van der Waals surface area contributed by atoms with E-state index < -0.39 is 0 Å². The smallest absolute Gasteiger partial charge is 0.120 e. The van der Waals surface area contributed by atoms with Gasteiger partial charge in [-0.25, -0.2) is 0 Å². The maximum Gasteiger partial charge on any atom is 0.120 e. The number of hydrogen-bond donors (Lipinski definition) is 0. The molecule has 0 unspecified atom stereocenters. The number of rotatable bonds is 3. The van der Waals surface area contributed by atoms with E-state index in [4.69, 9.17) is 0 Å². The predicted molar refractivity (Wildman–Crippen MR) is 67.2 cm³/mol. The molecule has 0 heterocycles. The highest BCUT2D eigenvalue weighted by molar-refractivity contribution is 5.61. The van der Waals surface area contributed by atoms with Crippen LogP contribution >= 0.6 is 0 Å². The summed E-state index contributed by atoms with van der Waals surface area (Å²) in [6, 6.07) is 8.40. The molecule has 0 aliphatic heterocycles. The molecule has 16 heavy (non-hydrogen) atoms. The molecular weight excluding hydrogens is 196 g/mol. The zero-order valence-electron chi connectivity index (χ0n) is 9.89. The van der Waals surface area contributed by atoms with Crippen molar-refractivity contribution in [2.45, 2.75) is 26.2 Å². The normalized spacial score (nSPS) is 23.2. The Balaban J connectivity index is 2.41. The van der Waals surface area contributed by atoms with Gasteiger partial charge in [0.1, 0.15) is 6.29 Å². The molecule has 0 radical (unpaired) electrons. The molecule has 1 nitrogen and oxygen atoms in total. The average Bonchev–Trinajstić information content (AvgIpc) is 2.29. The number of carbonyl (C=O) groups is 1. The van der Waals surface area contributed by atoms with E-state index in [9.17, 15) is 4.79 Å². The quantitative estimate of drug-likeness (QED) is 0.702. The van der Waals surface area contributed by atoms with E-state index in [2.05, 4.69) is 50.3 Å². The molecule has 1 aliphatic rings. The van der Waals surface area contributed by atoms with Gasteiger partial charge in [-0.15, -0.1) is 0 Å². The van der Waals surface area contributed by atoms with Gasteiger partial charge < -0.3 is 4.79 Å². The molecule has 0 saturated heterocycles. The van der Waals surface area contributed by atoms with Gasteiger partial charge in [0.2, 0.25) is 0 Å². The Bertz CT molecular complexity index is 404. The number of carbonyl (C=O) groups excluding carboxylic acids is 1. The summed E-state index contributed by atoms with van der Waals surface area (Å²) in [6.45, 7) is 4.45.